The molecule has 0 amide bonds. The number of nitriles is 1. The van der Waals surface area contributed by atoms with E-state index in [0.717, 1.165) is 59.7 Å². The highest BCUT2D eigenvalue weighted by atomic mass is 32.1. The van der Waals surface area contributed by atoms with Crippen molar-refractivity contribution < 1.29 is 0 Å². The predicted octanol–water partition coefficient (Wildman–Crippen LogP) is 9.21. The van der Waals surface area contributed by atoms with Gasteiger partial charge in [0.05, 0.1) is 43.1 Å². The second-order valence-corrected chi connectivity index (χ2v) is 11.5. The third-order valence-corrected chi connectivity index (χ3v) is 9.27. The van der Waals surface area contributed by atoms with Gasteiger partial charge >= 0.3 is 0 Å². The molecular weight excluding hydrogens is 517 g/mol. The zero-order valence-corrected chi connectivity index (χ0v) is 22.1. The minimum Gasteiger partial charge on any atom is -0.309 e. The van der Waals surface area contributed by atoms with Gasteiger partial charge in [-0.2, -0.15) is 5.26 Å². The third kappa shape index (κ3) is 3.56. The number of aromatic nitrogens is 3. The molecule has 6 heteroatoms. The van der Waals surface area contributed by atoms with E-state index in [0.29, 0.717) is 5.56 Å². The number of hydrogen-bond donors (Lipinski definition) is 0. The largest absolute Gasteiger partial charge is 0.309 e. The van der Waals surface area contributed by atoms with Gasteiger partial charge < -0.3 is 4.57 Å². The summed E-state index contributed by atoms with van der Waals surface area (Å²) >= 11 is 3.43. The highest BCUT2D eigenvalue weighted by molar-refractivity contribution is 7.22. The van der Waals surface area contributed by atoms with Gasteiger partial charge in [0.2, 0.25) is 0 Å². The minimum atomic E-state index is 0.649. The van der Waals surface area contributed by atoms with Crippen molar-refractivity contribution in [3.63, 3.8) is 0 Å². The average molecular weight is 535 g/mol. The molecule has 0 saturated carbocycles. The quantitative estimate of drug-likeness (QED) is 0.227. The Bertz CT molecular complexity index is 2050. The molecule has 5 aromatic carbocycles. The van der Waals surface area contributed by atoms with Crippen molar-refractivity contribution in [3.05, 3.63) is 115 Å². The van der Waals surface area contributed by atoms with Gasteiger partial charge in [0, 0.05) is 27.6 Å². The van der Waals surface area contributed by atoms with Crippen LogP contribution < -0.4 is 0 Å². The monoisotopic (exact) mass is 534 g/mol. The number of nitrogens with zero attached hydrogens (tertiary/aromatic N) is 4. The van der Waals surface area contributed by atoms with Crippen LogP contribution in [0, 0.1) is 11.3 Å². The molecular formula is C33H18N4S2. The summed E-state index contributed by atoms with van der Waals surface area (Å²) in [6.07, 6.45) is 0. The van der Waals surface area contributed by atoms with E-state index in [1.165, 1.54) is 9.40 Å². The van der Waals surface area contributed by atoms with Crippen LogP contribution in [0.2, 0.25) is 0 Å². The number of hydrogen-bond acceptors (Lipinski definition) is 5. The van der Waals surface area contributed by atoms with Crippen LogP contribution >= 0.6 is 22.7 Å². The highest BCUT2D eigenvalue weighted by Crippen LogP contribution is 2.39. The van der Waals surface area contributed by atoms with Crippen LogP contribution in [0.1, 0.15) is 5.56 Å². The first kappa shape index (κ1) is 22.2. The van der Waals surface area contributed by atoms with Crippen molar-refractivity contribution in [1.82, 2.24) is 14.5 Å². The molecule has 0 aliphatic rings. The molecule has 3 aromatic heterocycles. The maximum Gasteiger partial charge on any atom is 0.124 e. The Hall–Kier alpha value is -4.83. The second kappa shape index (κ2) is 8.60. The maximum absolute atomic E-state index is 9.32. The van der Waals surface area contributed by atoms with E-state index in [1.807, 2.05) is 36.4 Å². The molecule has 0 N–H and O–H groups in total. The fourth-order valence-electron chi connectivity index (χ4n) is 5.24. The number of para-hydroxylation sites is 2. The molecule has 3 heterocycles. The number of benzene rings is 5. The molecule has 182 valence electrons. The minimum absolute atomic E-state index is 0.649. The fraction of sp³-hybridized carbons (Fsp3) is 0. The molecule has 0 unspecified atom stereocenters. The molecule has 0 aliphatic heterocycles. The molecule has 8 rings (SSSR count). The van der Waals surface area contributed by atoms with Crippen molar-refractivity contribution in [3.8, 4) is 32.9 Å². The van der Waals surface area contributed by atoms with Gasteiger partial charge in [0.15, 0.2) is 0 Å². The van der Waals surface area contributed by atoms with Crippen molar-refractivity contribution >= 4 is 64.9 Å². The van der Waals surface area contributed by atoms with E-state index in [1.54, 1.807) is 22.7 Å². The predicted molar refractivity (Wildman–Crippen MR) is 163 cm³/mol. The smallest absolute Gasteiger partial charge is 0.124 e. The summed E-state index contributed by atoms with van der Waals surface area (Å²) in [5, 5.41) is 13.7. The molecule has 8 aromatic rings. The number of rotatable bonds is 3. The Morgan fingerprint density at radius 2 is 1.10 bits per heavy atom. The van der Waals surface area contributed by atoms with Crippen molar-refractivity contribution in [2.45, 2.75) is 0 Å². The lowest BCUT2D eigenvalue weighted by Crippen LogP contribution is -1.93. The molecule has 0 spiro atoms. The second-order valence-electron chi connectivity index (χ2n) is 9.43. The number of thiazole rings is 2. The summed E-state index contributed by atoms with van der Waals surface area (Å²) in [5.74, 6) is 0. The van der Waals surface area contributed by atoms with E-state index in [4.69, 9.17) is 9.97 Å². The van der Waals surface area contributed by atoms with E-state index in [2.05, 4.69) is 83.4 Å². The fourth-order valence-corrected chi connectivity index (χ4v) is 7.17. The van der Waals surface area contributed by atoms with Crippen LogP contribution in [0.3, 0.4) is 0 Å². The van der Waals surface area contributed by atoms with Crippen LogP contribution in [0.5, 0.6) is 0 Å². The van der Waals surface area contributed by atoms with Gasteiger partial charge in [-0.15, -0.1) is 22.7 Å². The average Bonchev–Trinajstić information content (AvgIpc) is 3.70. The highest BCUT2D eigenvalue weighted by Gasteiger charge is 2.17. The number of fused-ring (bicyclic) bond motifs is 5. The summed E-state index contributed by atoms with van der Waals surface area (Å²) in [6, 6.07) is 39.8. The van der Waals surface area contributed by atoms with E-state index >= 15 is 0 Å². The van der Waals surface area contributed by atoms with Crippen LogP contribution in [-0.2, 0) is 0 Å². The molecule has 39 heavy (non-hydrogen) atoms. The Kier molecular flexibility index (Phi) is 4.89. The molecule has 0 aliphatic carbocycles. The third-order valence-electron chi connectivity index (χ3n) is 7.10. The molecule has 0 fully saturated rings. The van der Waals surface area contributed by atoms with Crippen LogP contribution in [0.4, 0.5) is 0 Å². The summed E-state index contributed by atoms with van der Waals surface area (Å²) in [5.41, 5.74) is 8.15. The lowest BCUT2D eigenvalue weighted by Gasteiger charge is -2.08. The van der Waals surface area contributed by atoms with Crippen molar-refractivity contribution in [2.75, 3.05) is 0 Å². The van der Waals surface area contributed by atoms with Gasteiger partial charge in [0.1, 0.15) is 10.0 Å². The Balaban J connectivity index is 1.38. The van der Waals surface area contributed by atoms with Gasteiger partial charge in [-0.1, -0.05) is 24.3 Å². The van der Waals surface area contributed by atoms with Crippen molar-refractivity contribution in [2.24, 2.45) is 0 Å². The standard InChI is InChI=1S/C33H18N4S2/c34-19-20-9-13-23(14-10-20)37-28-15-11-21(32-35-26-5-1-3-7-30(26)38-32)17-24(28)25-18-22(12-16-29(25)37)33-36-27-6-2-4-8-31(27)39-33/h1-18H. The first-order valence-electron chi connectivity index (χ1n) is 12.6. The molecule has 0 atom stereocenters. The lowest BCUT2D eigenvalue weighted by atomic mass is 10.1. The topological polar surface area (TPSA) is 54.5 Å². The lowest BCUT2D eigenvalue weighted by molar-refractivity contribution is 1.18. The summed E-state index contributed by atoms with van der Waals surface area (Å²) < 4.78 is 4.65. The van der Waals surface area contributed by atoms with E-state index in [9.17, 15) is 5.26 Å². The van der Waals surface area contributed by atoms with Gasteiger partial charge in [-0.05, 0) is 84.9 Å². The van der Waals surface area contributed by atoms with Crippen molar-refractivity contribution in [1.29, 1.82) is 5.26 Å². The maximum atomic E-state index is 9.32. The first-order valence-corrected chi connectivity index (χ1v) is 14.2. The molecule has 0 saturated heterocycles. The van der Waals surface area contributed by atoms with Crippen LogP contribution in [-0.4, -0.2) is 14.5 Å². The zero-order chi connectivity index (χ0) is 25.9. The van der Waals surface area contributed by atoms with Gasteiger partial charge in [-0.25, -0.2) is 9.97 Å². The van der Waals surface area contributed by atoms with E-state index in [-0.39, 0.29) is 0 Å². The Morgan fingerprint density at radius 1 is 0.590 bits per heavy atom. The van der Waals surface area contributed by atoms with Gasteiger partial charge in [0.25, 0.3) is 0 Å². The molecule has 0 bridgehead atoms. The molecule has 0 radical (unpaired) electrons. The first-order chi connectivity index (χ1) is 19.2. The Labute approximate surface area is 231 Å². The normalized spacial score (nSPS) is 11.6. The summed E-state index contributed by atoms with van der Waals surface area (Å²) in [6.45, 7) is 0. The van der Waals surface area contributed by atoms with E-state index < -0.39 is 0 Å². The zero-order valence-electron chi connectivity index (χ0n) is 20.5. The summed E-state index contributed by atoms with van der Waals surface area (Å²) in [7, 11) is 0. The van der Waals surface area contributed by atoms with Crippen LogP contribution in [0.25, 0.3) is 69.1 Å². The van der Waals surface area contributed by atoms with Crippen LogP contribution in [0.15, 0.2) is 109 Å². The summed E-state index contributed by atoms with van der Waals surface area (Å²) in [4.78, 5) is 9.83. The van der Waals surface area contributed by atoms with Gasteiger partial charge in [-0.3, -0.25) is 0 Å². The Morgan fingerprint density at radius 3 is 1.59 bits per heavy atom. The SMILES string of the molecule is N#Cc1ccc(-n2c3ccc(-c4nc5ccccc5s4)cc3c3cc(-c4nc5ccccc5s4)ccc32)cc1. The molecule has 4 nitrogen and oxygen atoms in total.